The summed E-state index contributed by atoms with van der Waals surface area (Å²) in [4.78, 5) is 50.9. The minimum absolute atomic E-state index is 0.667. The molecule has 7 aliphatic heterocycles. The molecule has 0 N–H and O–H groups in total. The highest BCUT2D eigenvalue weighted by Crippen LogP contribution is 2.25. The molecule has 22 heteroatoms. The number of hydrogen-bond acceptors (Lipinski definition) is 22. The van der Waals surface area contributed by atoms with Crippen molar-refractivity contribution in [3.05, 3.63) is 424 Å². The van der Waals surface area contributed by atoms with Gasteiger partial charge in [0.05, 0.1) is 66.9 Å². The number of azo groups is 2. The van der Waals surface area contributed by atoms with Crippen molar-refractivity contribution >= 4 is 81.2 Å². The number of aliphatic imine (C=N–C) groups is 4. The predicted molar refractivity (Wildman–Crippen MR) is 468 cm³/mol. The Labute approximate surface area is 671 Å². The summed E-state index contributed by atoms with van der Waals surface area (Å²) in [5.74, 6) is 0. The number of rotatable bonds is 0. The van der Waals surface area contributed by atoms with Gasteiger partial charge in [-0.1, -0.05) is 200 Å². The predicted octanol–water partition coefficient (Wildman–Crippen LogP) is 21.2. The van der Waals surface area contributed by atoms with Crippen LogP contribution in [-0.2, 0) is 25.9 Å². The fourth-order valence-electron chi connectivity index (χ4n) is 9.67. The van der Waals surface area contributed by atoms with Crippen LogP contribution in [0, 0.1) is 0 Å². The van der Waals surface area contributed by atoms with Gasteiger partial charge >= 0.3 is 0 Å². The van der Waals surface area contributed by atoms with E-state index in [9.17, 15) is 0 Å². The highest BCUT2D eigenvalue weighted by Gasteiger charge is 2.05. The van der Waals surface area contributed by atoms with Crippen LogP contribution in [0.3, 0.4) is 0 Å². The second-order valence-electron chi connectivity index (χ2n) is 23.4. The van der Waals surface area contributed by atoms with Crippen molar-refractivity contribution in [1.82, 2.24) is 55.1 Å². The summed E-state index contributed by atoms with van der Waals surface area (Å²) in [5.41, 5.74) is 13.2. The first-order valence-corrected chi connectivity index (χ1v) is 36.9. The van der Waals surface area contributed by atoms with E-state index in [0.29, 0.717) is 6.54 Å². The van der Waals surface area contributed by atoms with E-state index in [1.54, 1.807) is 105 Å². The average Bonchev–Trinajstić information content (AvgIpc) is 1.86. The van der Waals surface area contributed by atoms with Gasteiger partial charge in [-0.3, -0.25) is 54.9 Å². The van der Waals surface area contributed by atoms with Gasteiger partial charge in [0.2, 0.25) is 0 Å². The first kappa shape index (κ1) is 85.3. The van der Waals surface area contributed by atoms with Gasteiger partial charge in [0.15, 0.2) is 0 Å². The first-order chi connectivity index (χ1) is 57.3. The molecule has 570 valence electrons. The average molecular weight is 1510 g/mol. The summed E-state index contributed by atoms with van der Waals surface area (Å²) >= 11 is 0. The topological polar surface area (TPSA) is 278 Å². The summed E-state index contributed by atoms with van der Waals surface area (Å²) in [5, 5.41) is 35.8. The van der Waals surface area contributed by atoms with E-state index in [4.69, 9.17) is 0 Å². The van der Waals surface area contributed by atoms with E-state index < -0.39 is 0 Å². The van der Waals surface area contributed by atoms with Crippen LogP contribution in [0.2, 0.25) is 0 Å². The van der Waals surface area contributed by atoms with E-state index in [2.05, 4.69) is 220 Å². The Morgan fingerprint density at radius 3 is 1.43 bits per heavy atom. The van der Waals surface area contributed by atoms with E-state index in [0.717, 1.165) is 79.8 Å². The van der Waals surface area contributed by atoms with Crippen molar-refractivity contribution < 1.29 is 0 Å². The molecule has 0 spiro atoms. The third-order valence-corrected chi connectivity index (χ3v) is 15.2. The number of para-hydroxylation sites is 4. The molecule has 0 saturated carbocycles. The molecule has 115 heavy (non-hydrogen) atoms. The van der Waals surface area contributed by atoms with Gasteiger partial charge in [-0.2, -0.15) is 35.8 Å². The summed E-state index contributed by atoms with van der Waals surface area (Å²) in [7, 11) is 0. The van der Waals surface area contributed by atoms with Crippen molar-refractivity contribution in [1.29, 1.82) is 0 Å². The highest BCUT2D eigenvalue weighted by molar-refractivity contribution is 5.84. The van der Waals surface area contributed by atoms with Crippen LogP contribution in [0.1, 0.15) is 46.2 Å². The molecule has 14 aromatic rings. The lowest BCUT2D eigenvalue weighted by Crippen LogP contribution is -1.79. The second kappa shape index (κ2) is 57.8. The third kappa shape index (κ3) is 38.1. The summed E-state index contributed by atoms with van der Waals surface area (Å²) in [6.07, 6.45) is 64.7. The van der Waals surface area contributed by atoms with Crippen LogP contribution >= 0.6 is 0 Å². The molecule has 0 amide bonds. The summed E-state index contributed by atoms with van der Waals surface area (Å²) in [6, 6.07) is 74.2. The number of aromatic nitrogens is 11. The number of fused-ring (bicyclic) bond motifs is 7. The van der Waals surface area contributed by atoms with Crippen LogP contribution in [-0.4, -0.2) is 106 Å². The first-order valence-electron chi connectivity index (χ1n) is 36.9. The zero-order valence-corrected chi connectivity index (χ0v) is 63.6. The van der Waals surface area contributed by atoms with Gasteiger partial charge in [-0.25, -0.2) is 9.97 Å². The Hall–Kier alpha value is -15.3. The molecule has 0 fully saturated rings. The zero-order valence-electron chi connectivity index (χ0n) is 63.6. The van der Waals surface area contributed by atoms with E-state index in [1.807, 2.05) is 207 Å². The molecule has 22 nitrogen and oxygen atoms in total. The maximum Gasteiger partial charge on any atom is 0.115 e. The van der Waals surface area contributed by atoms with E-state index >= 15 is 0 Å². The largest absolute Gasteiger partial charge is 0.289 e. The van der Waals surface area contributed by atoms with Crippen LogP contribution in [0.15, 0.2) is 447 Å². The summed E-state index contributed by atoms with van der Waals surface area (Å²) in [6.45, 7) is 3.96. The molecule has 23 rings (SSSR count). The van der Waals surface area contributed by atoms with Crippen molar-refractivity contribution in [3.8, 4) is 0 Å². The van der Waals surface area contributed by atoms with Crippen molar-refractivity contribution in [3.63, 3.8) is 0 Å². The lowest BCUT2D eigenvalue weighted by atomic mass is 10.1. The molecule has 0 atom stereocenters. The fraction of sp³-hybridized carbons (Fsp3) is 0.0968. The van der Waals surface area contributed by atoms with Crippen LogP contribution in [0.25, 0.3) is 38.8 Å². The van der Waals surface area contributed by atoms with Gasteiger partial charge in [-0.15, -0.1) is 5.10 Å². The molecule has 7 aromatic heterocycles. The van der Waals surface area contributed by atoms with Crippen LogP contribution in [0.4, 0.5) is 11.4 Å². The molecule has 14 heterocycles. The van der Waals surface area contributed by atoms with Gasteiger partial charge in [0.1, 0.15) is 6.33 Å². The molecule has 0 radical (unpaired) electrons. The molecule has 9 aliphatic rings. The summed E-state index contributed by atoms with van der Waals surface area (Å²) < 4.78 is 0. The SMILES string of the molecule is C1=CCC=C1.C1=CCN=C1.C1=CN=CC1.C1=CN=NC1.C1=Cc2ccccc2C1.C1=NCc2ccccc21.C1=NN=NC1.C1=Nc2ccccc2C1.c1ccc2c(c1)CN=N2.c1ccc2cnccc2c1.c1ccc2ncccc2c1.c1ccc2nccnc2c1.c1ccncc1.c1ccnnc1.c1cnccn1.c1cncnc1. The van der Waals surface area contributed by atoms with Crippen LogP contribution < -0.4 is 0 Å². The lowest BCUT2D eigenvalue weighted by molar-refractivity contribution is 1.03. The minimum atomic E-state index is 0.667. The number of nitrogens with zero attached hydrogens (tertiary/aromatic N) is 22. The minimum Gasteiger partial charge on any atom is -0.289 e. The van der Waals surface area contributed by atoms with Crippen LogP contribution in [0.5, 0.6) is 0 Å². The molecular weight excluding hydrogens is 1430 g/mol. The Kier molecular flexibility index (Phi) is 42.8. The Balaban J connectivity index is 0.000000154. The standard InChI is InChI=1S/2C9H7N.C9H8.C8H6N2.2C8H7N.C7H6N2.C5H5N.C5H6.3C4H4N2.2C4H5N.C3H4N2.C2H3N3/c1-2-6-9-8(4-1)5-3-7-10-9;1-2-4-9-7-10-6-5-8(9)3-1;1-2-5-9-7-3-6-8(9)4-1;1-2-4-8-7(3-1)9-5-6-10-8;1-2-4-8-6-9-5-7(8)3-1;1-2-4-8-7(3-1)5-6-9-8;1-2-4-7-6(3-1)5-8-9-7;1-2-4-6-5-3-1;1-2-4-5-3-1;1-2-6-4-3-5-1;1-2-5-4-6-3-1;1-2-4-6-5-3-1;4*1-2-4-5-3-1/h2*1-7H;1-6H,7H2;1-6H;1-5H,6H2;1-4,6H,5H2;1-4H,5H2;1-5H;1-4H,5H2;3*1-4H;1,3-4H,2H2;1-3H,4H2;1-2H,3H2;1H,2H2. The van der Waals surface area contributed by atoms with Crippen molar-refractivity contribution in [2.45, 2.75) is 38.8 Å². The molecule has 2 aliphatic carbocycles. The van der Waals surface area contributed by atoms with Gasteiger partial charge < -0.3 is 0 Å². The maximum atomic E-state index is 4.18. The molecule has 0 unspecified atom stereocenters. The Morgan fingerprint density at radius 1 is 0.313 bits per heavy atom. The smallest absolute Gasteiger partial charge is 0.115 e. The number of hydrogen-bond donors (Lipinski definition) is 0. The van der Waals surface area contributed by atoms with Crippen molar-refractivity contribution in [2.75, 3.05) is 19.6 Å². The number of pyridine rings is 3. The van der Waals surface area contributed by atoms with E-state index in [-0.39, 0.29) is 0 Å². The fourth-order valence-corrected chi connectivity index (χ4v) is 9.67. The molecular formula is C93H88N22. The van der Waals surface area contributed by atoms with Gasteiger partial charge in [0.25, 0.3) is 0 Å². The second-order valence-corrected chi connectivity index (χ2v) is 23.4. The maximum absolute atomic E-state index is 4.18. The molecule has 7 aromatic carbocycles. The normalized spacial score (nSPS) is 12.4. The third-order valence-electron chi connectivity index (χ3n) is 15.2. The molecule has 0 bridgehead atoms. The van der Waals surface area contributed by atoms with Gasteiger partial charge in [-0.05, 0) is 142 Å². The number of benzene rings is 7. The Morgan fingerprint density at radius 2 is 0.939 bits per heavy atom. The highest BCUT2D eigenvalue weighted by atomic mass is 15.4. The number of allylic oxidation sites excluding steroid dienone is 7. The lowest BCUT2D eigenvalue weighted by Gasteiger charge is -1.93. The van der Waals surface area contributed by atoms with Gasteiger partial charge in [0, 0.05) is 154 Å². The van der Waals surface area contributed by atoms with E-state index in [1.165, 1.54) is 55.9 Å². The van der Waals surface area contributed by atoms with Crippen molar-refractivity contribution in [2.24, 2.45) is 55.9 Å². The molecule has 0 saturated heterocycles. The Bertz CT molecular complexity index is 4400. The zero-order chi connectivity index (χ0) is 79.5. The quantitative estimate of drug-likeness (QED) is 0.138. The monoisotopic (exact) mass is 1510 g/mol.